The zero-order chi connectivity index (χ0) is 8.70. The molecule has 0 aromatic rings. The van der Waals surface area contributed by atoms with E-state index in [0.29, 0.717) is 0 Å². The highest BCUT2D eigenvalue weighted by atomic mass is 16.3. The van der Waals surface area contributed by atoms with Gasteiger partial charge >= 0.3 is 0 Å². The topological polar surface area (TPSA) is 20.2 Å². The zero-order valence-electron chi connectivity index (χ0n) is 7.94. The second-order valence-corrected chi connectivity index (χ2v) is 4.59. The van der Waals surface area contributed by atoms with Crippen molar-refractivity contribution in [2.45, 2.75) is 46.1 Å². The highest BCUT2D eigenvalue weighted by molar-refractivity contribution is 5.19. The van der Waals surface area contributed by atoms with Gasteiger partial charge in [0.25, 0.3) is 0 Å². The van der Waals surface area contributed by atoms with E-state index in [0.717, 1.165) is 18.4 Å². The third kappa shape index (κ3) is 1.84. The van der Waals surface area contributed by atoms with Crippen molar-refractivity contribution in [3.8, 4) is 0 Å². The normalized spacial score (nSPS) is 36.6. The van der Waals surface area contributed by atoms with E-state index < -0.39 is 5.60 Å². The second-order valence-electron chi connectivity index (χ2n) is 4.59. The Labute approximate surface area is 69.1 Å². The number of hydrogen-bond donors (Lipinski definition) is 1. The molecular weight excluding hydrogens is 136 g/mol. The van der Waals surface area contributed by atoms with E-state index in [1.807, 2.05) is 13.8 Å². The Morgan fingerprint density at radius 3 is 2.18 bits per heavy atom. The maximum absolute atomic E-state index is 9.81. The van der Waals surface area contributed by atoms with Gasteiger partial charge in [0.1, 0.15) is 0 Å². The number of aliphatic hydroxyl groups is 1. The van der Waals surface area contributed by atoms with Gasteiger partial charge in [0.05, 0.1) is 5.60 Å². The molecule has 0 aromatic heterocycles. The molecular formula is C10H18O. The van der Waals surface area contributed by atoms with E-state index in [-0.39, 0.29) is 5.41 Å². The summed E-state index contributed by atoms with van der Waals surface area (Å²) in [7, 11) is 0. The minimum Gasteiger partial charge on any atom is -0.386 e. The van der Waals surface area contributed by atoms with E-state index in [2.05, 4.69) is 19.9 Å². The predicted molar refractivity (Wildman–Crippen MR) is 47.4 cm³/mol. The first-order valence-electron chi connectivity index (χ1n) is 4.26. The predicted octanol–water partition coefficient (Wildman–Crippen LogP) is 2.50. The molecule has 64 valence electrons. The molecule has 0 aromatic carbocycles. The molecule has 0 saturated heterocycles. The van der Waals surface area contributed by atoms with Crippen molar-refractivity contribution in [1.29, 1.82) is 0 Å². The summed E-state index contributed by atoms with van der Waals surface area (Å²) in [5.41, 5.74) is 0.857. The Balaban J connectivity index is 2.89. The summed E-state index contributed by atoms with van der Waals surface area (Å²) in [6.07, 6.45) is 4.16. The van der Waals surface area contributed by atoms with Gasteiger partial charge in [-0.3, -0.25) is 0 Å². The van der Waals surface area contributed by atoms with Crippen LogP contribution in [-0.4, -0.2) is 10.7 Å². The first kappa shape index (κ1) is 8.79. The molecule has 1 heteroatoms. The molecule has 1 aliphatic rings. The summed E-state index contributed by atoms with van der Waals surface area (Å²) >= 11 is 0. The Morgan fingerprint density at radius 1 is 1.27 bits per heavy atom. The van der Waals surface area contributed by atoms with Crippen LogP contribution < -0.4 is 0 Å². The van der Waals surface area contributed by atoms with E-state index in [1.54, 1.807) is 0 Å². The van der Waals surface area contributed by atoms with Crippen molar-refractivity contribution in [1.82, 2.24) is 0 Å². The molecule has 1 atom stereocenters. The lowest BCUT2D eigenvalue weighted by atomic mass is 9.73. The van der Waals surface area contributed by atoms with Crippen LogP contribution in [-0.2, 0) is 0 Å². The van der Waals surface area contributed by atoms with Gasteiger partial charge in [-0.25, -0.2) is 0 Å². The van der Waals surface area contributed by atoms with Crippen LogP contribution in [0, 0.1) is 5.41 Å². The first-order valence-corrected chi connectivity index (χ1v) is 4.26. The average Bonchev–Trinajstić information content (AvgIpc) is 1.81. The number of rotatable bonds is 0. The van der Waals surface area contributed by atoms with Crippen LogP contribution in [0.3, 0.4) is 0 Å². The Morgan fingerprint density at radius 2 is 1.82 bits per heavy atom. The fourth-order valence-corrected chi connectivity index (χ4v) is 1.58. The molecule has 0 radical (unpaired) electrons. The molecule has 0 unspecified atom stereocenters. The molecule has 0 bridgehead atoms. The van der Waals surface area contributed by atoms with Crippen LogP contribution >= 0.6 is 0 Å². The lowest BCUT2D eigenvalue weighted by Crippen LogP contribution is -2.32. The van der Waals surface area contributed by atoms with Crippen LogP contribution in [0.15, 0.2) is 11.6 Å². The molecule has 1 N–H and O–H groups in total. The highest BCUT2D eigenvalue weighted by Gasteiger charge is 2.31. The number of allylic oxidation sites excluding steroid dienone is 1. The van der Waals surface area contributed by atoms with Crippen LogP contribution in [0.1, 0.15) is 40.5 Å². The monoisotopic (exact) mass is 154 g/mol. The standard InChI is InChI=1S/C10H18O/c1-8-7-9(2,3)5-6-10(8,4)11/h7,11H,5-6H2,1-4H3/t10-/m0/s1. The SMILES string of the molecule is CC1=CC(C)(C)CC[C@]1(C)O. The Kier molecular flexibility index (Phi) is 1.87. The Hall–Kier alpha value is -0.300. The van der Waals surface area contributed by atoms with Gasteiger partial charge in [-0.2, -0.15) is 0 Å². The third-order valence-electron chi connectivity index (χ3n) is 2.71. The summed E-state index contributed by atoms with van der Waals surface area (Å²) in [5, 5.41) is 9.81. The van der Waals surface area contributed by atoms with Crippen molar-refractivity contribution >= 4 is 0 Å². The largest absolute Gasteiger partial charge is 0.386 e. The van der Waals surface area contributed by atoms with Gasteiger partial charge in [-0.15, -0.1) is 0 Å². The van der Waals surface area contributed by atoms with Crippen LogP contribution in [0.2, 0.25) is 0 Å². The van der Waals surface area contributed by atoms with Gasteiger partial charge in [-0.1, -0.05) is 19.9 Å². The molecule has 0 heterocycles. The molecule has 0 amide bonds. The Bertz CT molecular complexity index is 187. The van der Waals surface area contributed by atoms with Gasteiger partial charge in [0.15, 0.2) is 0 Å². The minimum atomic E-state index is -0.546. The van der Waals surface area contributed by atoms with Crippen molar-refractivity contribution in [3.05, 3.63) is 11.6 Å². The maximum atomic E-state index is 9.81. The molecule has 1 nitrogen and oxygen atoms in total. The van der Waals surface area contributed by atoms with Crippen LogP contribution in [0.4, 0.5) is 0 Å². The average molecular weight is 154 g/mol. The molecule has 0 aliphatic heterocycles. The van der Waals surface area contributed by atoms with E-state index in [4.69, 9.17) is 0 Å². The fraction of sp³-hybridized carbons (Fsp3) is 0.800. The highest BCUT2D eigenvalue weighted by Crippen LogP contribution is 2.38. The summed E-state index contributed by atoms with van der Waals surface area (Å²) in [6.45, 7) is 8.34. The molecule has 0 saturated carbocycles. The zero-order valence-corrected chi connectivity index (χ0v) is 7.94. The van der Waals surface area contributed by atoms with Crippen molar-refractivity contribution in [3.63, 3.8) is 0 Å². The first-order chi connectivity index (χ1) is 4.83. The van der Waals surface area contributed by atoms with Gasteiger partial charge < -0.3 is 5.11 Å². The van der Waals surface area contributed by atoms with E-state index >= 15 is 0 Å². The van der Waals surface area contributed by atoms with E-state index in [1.165, 1.54) is 0 Å². The van der Waals surface area contributed by atoms with Gasteiger partial charge in [0, 0.05) is 0 Å². The summed E-state index contributed by atoms with van der Waals surface area (Å²) < 4.78 is 0. The fourth-order valence-electron chi connectivity index (χ4n) is 1.58. The molecule has 11 heavy (non-hydrogen) atoms. The van der Waals surface area contributed by atoms with Crippen molar-refractivity contribution < 1.29 is 5.11 Å². The molecule has 1 aliphatic carbocycles. The summed E-state index contributed by atoms with van der Waals surface area (Å²) in [4.78, 5) is 0. The van der Waals surface area contributed by atoms with Crippen LogP contribution in [0.25, 0.3) is 0 Å². The number of hydrogen-bond acceptors (Lipinski definition) is 1. The third-order valence-corrected chi connectivity index (χ3v) is 2.71. The molecule has 0 spiro atoms. The van der Waals surface area contributed by atoms with E-state index in [9.17, 15) is 5.11 Å². The van der Waals surface area contributed by atoms with Crippen molar-refractivity contribution in [2.24, 2.45) is 5.41 Å². The van der Waals surface area contributed by atoms with Crippen LogP contribution in [0.5, 0.6) is 0 Å². The summed E-state index contributed by atoms with van der Waals surface area (Å²) in [5.74, 6) is 0. The van der Waals surface area contributed by atoms with Gasteiger partial charge in [-0.05, 0) is 37.7 Å². The second kappa shape index (κ2) is 2.34. The lowest BCUT2D eigenvalue weighted by Gasteiger charge is -2.36. The summed E-state index contributed by atoms with van der Waals surface area (Å²) in [6, 6.07) is 0. The quantitative estimate of drug-likeness (QED) is 0.531. The lowest BCUT2D eigenvalue weighted by molar-refractivity contribution is 0.0660. The smallest absolute Gasteiger partial charge is 0.0826 e. The van der Waals surface area contributed by atoms with Crippen molar-refractivity contribution in [2.75, 3.05) is 0 Å². The van der Waals surface area contributed by atoms with Gasteiger partial charge in [0.2, 0.25) is 0 Å². The molecule has 1 rings (SSSR count). The molecule has 0 fully saturated rings. The maximum Gasteiger partial charge on any atom is 0.0826 e. The minimum absolute atomic E-state index is 0.284.